The number of hydrogen-bond donors (Lipinski definition) is 1. The van der Waals surface area contributed by atoms with Crippen molar-refractivity contribution in [3.8, 4) is 0 Å². The van der Waals surface area contributed by atoms with Crippen LogP contribution in [0, 0.1) is 0 Å². The Morgan fingerprint density at radius 3 is 2.95 bits per heavy atom. The van der Waals surface area contributed by atoms with Gasteiger partial charge in [-0.25, -0.2) is 4.98 Å². The van der Waals surface area contributed by atoms with Gasteiger partial charge in [-0.2, -0.15) is 0 Å². The Bertz CT molecular complexity index is 648. The van der Waals surface area contributed by atoms with Crippen molar-refractivity contribution in [2.45, 2.75) is 12.8 Å². The molecular formula is C15H20N4OS. The SMILES string of the molecule is CN(CCN1CCCC1)C(=O)c1ccc2nc(N)sc2c1. The Morgan fingerprint density at radius 1 is 1.43 bits per heavy atom. The van der Waals surface area contributed by atoms with Gasteiger partial charge in [0.15, 0.2) is 5.13 Å². The first kappa shape index (κ1) is 14.3. The van der Waals surface area contributed by atoms with Crippen LogP contribution in [0.15, 0.2) is 18.2 Å². The Balaban J connectivity index is 1.66. The highest BCUT2D eigenvalue weighted by Crippen LogP contribution is 2.25. The molecule has 1 saturated heterocycles. The number of likely N-dealkylation sites (N-methyl/N-ethyl adjacent to an activating group) is 1. The van der Waals surface area contributed by atoms with E-state index in [1.807, 2.05) is 25.2 Å². The van der Waals surface area contributed by atoms with Crippen LogP contribution in [0.3, 0.4) is 0 Å². The summed E-state index contributed by atoms with van der Waals surface area (Å²) in [6.07, 6.45) is 2.56. The van der Waals surface area contributed by atoms with Gasteiger partial charge in [0, 0.05) is 25.7 Å². The third kappa shape index (κ3) is 3.16. The van der Waals surface area contributed by atoms with Gasteiger partial charge in [0.25, 0.3) is 5.91 Å². The number of carbonyl (C=O) groups is 1. The normalized spacial score (nSPS) is 15.7. The van der Waals surface area contributed by atoms with Gasteiger partial charge in [-0.15, -0.1) is 0 Å². The van der Waals surface area contributed by atoms with Gasteiger partial charge in [0.2, 0.25) is 0 Å². The van der Waals surface area contributed by atoms with Crippen LogP contribution in [0.25, 0.3) is 10.2 Å². The largest absolute Gasteiger partial charge is 0.375 e. The lowest BCUT2D eigenvalue weighted by Gasteiger charge is -2.21. The number of rotatable bonds is 4. The summed E-state index contributed by atoms with van der Waals surface area (Å²) in [6.45, 7) is 4.04. The van der Waals surface area contributed by atoms with E-state index in [4.69, 9.17) is 5.73 Å². The summed E-state index contributed by atoms with van der Waals surface area (Å²) in [5.74, 6) is 0.0584. The Hall–Kier alpha value is -1.66. The predicted octanol–water partition coefficient (Wildman–Crippen LogP) is 2.05. The summed E-state index contributed by atoms with van der Waals surface area (Å²) < 4.78 is 0.964. The third-order valence-electron chi connectivity index (χ3n) is 3.95. The lowest BCUT2D eigenvalue weighted by Crippen LogP contribution is -2.35. The summed E-state index contributed by atoms with van der Waals surface area (Å²) in [5.41, 5.74) is 7.26. The quantitative estimate of drug-likeness (QED) is 0.939. The number of likely N-dealkylation sites (tertiary alicyclic amines) is 1. The molecule has 0 bridgehead atoms. The van der Waals surface area contributed by atoms with Gasteiger partial charge in [-0.1, -0.05) is 11.3 Å². The van der Waals surface area contributed by atoms with Crippen molar-refractivity contribution in [3.05, 3.63) is 23.8 Å². The zero-order chi connectivity index (χ0) is 14.8. The average Bonchev–Trinajstić information content (AvgIpc) is 3.10. The van der Waals surface area contributed by atoms with Crippen LogP contribution in [0.5, 0.6) is 0 Å². The second-order valence-electron chi connectivity index (χ2n) is 5.51. The highest BCUT2D eigenvalue weighted by Gasteiger charge is 2.16. The van der Waals surface area contributed by atoms with E-state index in [9.17, 15) is 4.79 Å². The number of fused-ring (bicyclic) bond motifs is 1. The molecule has 112 valence electrons. The van der Waals surface area contributed by atoms with E-state index in [0.717, 1.165) is 36.4 Å². The second kappa shape index (κ2) is 5.99. The monoisotopic (exact) mass is 304 g/mol. The first-order valence-electron chi connectivity index (χ1n) is 7.27. The molecule has 1 amide bonds. The number of nitrogen functional groups attached to an aromatic ring is 1. The van der Waals surface area contributed by atoms with Crippen molar-refractivity contribution in [3.63, 3.8) is 0 Å². The molecule has 0 radical (unpaired) electrons. The standard InChI is InChI=1S/C15H20N4OS/c1-18(8-9-19-6-2-3-7-19)14(20)11-4-5-12-13(10-11)21-15(16)17-12/h4-5,10H,2-3,6-9H2,1H3,(H2,16,17). The molecule has 5 nitrogen and oxygen atoms in total. The van der Waals surface area contributed by atoms with Gasteiger partial charge in [0.1, 0.15) is 0 Å². The molecule has 21 heavy (non-hydrogen) atoms. The number of carbonyl (C=O) groups excluding carboxylic acids is 1. The van der Waals surface area contributed by atoms with Crippen LogP contribution in [-0.4, -0.2) is 53.9 Å². The fourth-order valence-corrected chi connectivity index (χ4v) is 3.47. The maximum Gasteiger partial charge on any atom is 0.253 e. The van der Waals surface area contributed by atoms with E-state index in [1.165, 1.54) is 24.2 Å². The number of aromatic nitrogens is 1. The van der Waals surface area contributed by atoms with E-state index in [2.05, 4.69) is 9.88 Å². The number of thiazole rings is 1. The van der Waals surface area contributed by atoms with Crippen LogP contribution < -0.4 is 5.73 Å². The minimum atomic E-state index is 0.0584. The number of nitrogens with two attached hydrogens (primary N) is 1. The van der Waals surface area contributed by atoms with Gasteiger partial charge in [-0.05, 0) is 44.1 Å². The Morgan fingerprint density at radius 2 is 2.19 bits per heavy atom. The second-order valence-corrected chi connectivity index (χ2v) is 6.57. The fraction of sp³-hybridized carbons (Fsp3) is 0.467. The maximum absolute atomic E-state index is 12.5. The van der Waals surface area contributed by atoms with Gasteiger partial charge in [0.05, 0.1) is 10.2 Å². The molecule has 6 heteroatoms. The van der Waals surface area contributed by atoms with Gasteiger partial charge >= 0.3 is 0 Å². The summed E-state index contributed by atoms with van der Waals surface area (Å²) in [6, 6.07) is 5.58. The van der Waals surface area contributed by atoms with Crippen LogP contribution in [0.4, 0.5) is 5.13 Å². The molecule has 0 atom stereocenters. The number of benzene rings is 1. The van der Waals surface area contributed by atoms with Gasteiger partial charge in [-0.3, -0.25) is 4.79 Å². The topological polar surface area (TPSA) is 62.5 Å². The van der Waals surface area contributed by atoms with Crippen molar-refractivity contribution < 1.29 is 4.79 Å². The molecule has 1 aliphatic rings. The van der Waals surface area contributed by atoms with Crippen molar-refractivity contribution in [1.82, 2.24) is 14.8 Å². The predicted molar refractivity (Wildman–Crippen MR) is 86.7 cm³/mol. The number of anilines is 1. The van der Waals surface area contributed by atoms with Crippen molar-refractivity contribution in [1.29, 1.82) is 0 Å². The minimum Gasteiger partial charge on any atom is -0.375 e. The molecule has 3 rings (SSSR count). The maximum atomic E-state index is 12.5. The third-order valence-corrected chi connectivity index (χ3v) is 4.80. The van der Waals surface area contributed by atoms with Crippen LogP contribution in [0.1, 0.15) is 23.2 Å². The average molecular weight is 304 g/mol. The Labute approximate surface area is 128 Å². The highest BCUT2D eigenvalue weighted by molar-refractivity contribution is 7.22. The lowest BCUT2D eigenvalue weighted by molar-refractivity contribution is 0.0782. The molecular weight excluding hydrogens is 284 g/mol. The molecule has 1 fully saturated rings. The number of amides is 1. The molecule has 2 heterocycles. The summed E-state index contributed by atoms with van der Waals surface area (Å²) >= 11 is 1.42. The fourth-order valence-electron chi connectivity index (χ4n) is 2.70. The zero-order valence-electron chi connectivity index (χ0n) is 12.2. The van der Waals surface area contributed by atoms with E-state index in [1.54, 1.807) is 4.90 Å². The first-order chi connectivity index (χ1) is 10.1. The molecule has 2 aromatic rings. The number of hydrogen-bond acceptors (Lipinski definition) is 5. The molecule has 0 spiro atoms. The van der Waals surface area contributed by atoms with E-state index in [-0.39, 0.29) is 5.91 Å². The molecule has 0 aliphatic carbocycles. The molecule has 1 aromatic heterocycles. The van der Waals surface area contributed by atoms with Crippen molar-refractivity contribution in [2.24, 2.45) is 0 Å². The molecule has 0 saturated carbocycles. The zero-order valence-corrected chi connectivity index (χ0v) is 13.0. The molecule has 1 aliphatic heterocycles. The lowest BCUT2D eigenvalue weighted by atomic mass is 10.2. The van der Waals surface area contributed by atoms with Crippen LogP contribution >= 0.6 is 11.3 Å². The number of nitrogens with zero attached hydrogens (tertiary/aromatic N) is 3. The summed E-state index contributed by atoms with van der Waals surface area (Å²) in [5, 5.41) is 0.539. The van der Waals surface area contributed by atoms with Crippen molar-refractivity contribution in [2.75, 3.05) is 39.0 Å². The van der Waals surface area contributed by atoms with Crippen molar-refractivity contribution >= 4 is 32.6 Å². The van der Waals surface area contributed by atoms with E-state index < -0.39 is 0 Å². The highest BCUT2D eigenvalue weighted by atomic mass is 32.1. The van der Waals surface area contributed by atoms with E-state index in [0.29, 0.717) is 10.7 Å². The van der Waals surface area contributed by atoms with Crippen LogP contribution in [-0.2, 0) is 0 Å². The van der Waals surface area contributed by atoms with Crippen LogP contribution in [0.2, 0.25) is 0 Å². The summed E-state index contributed by atoms with van der Waals surface area (Å²) in [7, 11) is 1.86. The Kier molecular flexibility index (Phi) is 4.07. The van der Waals surface area contributed by atoms with Gasteiger partial charge < -0.3 is 15.5 Å². The molecule has 2 N–H and O–H groups in total. The molecule has 1 aromatic carbocycles. The first-order valence-corrected chi connectivity index (χ1v) is 8.09. The summed E-state index contributed by atoms with van der Waals surface area (Å²) in [4.78, 5) is 20.9. The molecule has 0 unspecified atom stereocenters. The minimum absolute atomic E-state index is 0.0584. The smallest absolute Gasteiger partial charge is 0.253 e. The van der Waals surface area contributed by atoms with E-state index >= 15 is 0 Å².